The number of rotatable bonds is 7. The first-order chi connectivity index (χ1) is 9.75. The van der Waals surface area contributed by atoms with Crippen molar-refractivity contribution in [3.05, 3.63) is 40.6 Å². The summed E-state index contributed by atoms with van der Waals surface area (Å²) in [5, 5.41) is 5.73. The van der Waals surface area contributed by atoms with Gasteiger partial charge >= 0.3 is 0 Å². The van der Waals surface area contributed by atoms with E-state index in [-0.39, 0.29) is 0 Å². The molecular weight excluding hydrogens is 268 g/mol. The fourth-order valence-electron chi connectivity index (χ4n) is 2.51. The molecule has 0 saturated heterocycles. The summed E-state index contributed by atoms with van der Waals surface area (Å²) in [4.78, 5) is 7.97. The molecule has 108 valence electrons. The summed E-state index contributed by atoms with van der Waals surface area (Å²) < 4.78 is 2.32. The maximum atomic E-state index is 4.28. The van der Waals surface area contributed by atoms with E-state index in [4.69, 9.17) is 0 Å². The highest BCUT2D eigenvalue weighted by atomic mass is 32.1. The van der Waals surface area contributed by atoms with E-state index in [1.807, 2.05) is 23.9 Å². The van der Waals surface area contributed by atoms with Crippen LogP contribution < -0.4 is 5.32 Å². The van der Waals surface area contributed by atoms with Gasteiger partial charge in [-0.2, -0.15) is 0 Å². The minimum atomic E-state index is 0.437. The quantitative estimate of drug-likeness (QED) is 0.851. The van der Waals surface area contributed by atoms with Crippen molar-refractivity contribution in [1.82, 2.24) is 19.8 Å². The number of hydrogen-bond donors (Lipinski definition) is 1. The molecule has 0 bridgehead atoms. The minimum absolute atomic E-state index is 0.437. The molecule has 1 aliphatic carbocycles. The standard InChI is InChI=1S/C15H22N4S/c1-18(2)14(15-4-3-7-20-15)10-16-8-13-9-17-11-19(13)12-5-6-12/h3-4,7,9,11-12,14,16H,5-6,8,10H2,1-2H3. The monoisotopic (exact) mass is 290 g/mol. The Morgan fingerprint density at radius 2 is 2.35 bits per heavy atom. The predicted octanol–water partition coefficient (Wildman–Crippen LogP) is 2.67. The van der Waals surface area contributed by atoms with Crippen molar-refractivity contribution < 1.29 is 0 Å². The Labute approximate surface area is 124 Å². The number of nitrogens with zero attached hydrogens (tertiary/aromatic N) is 3. The molecule has 0 amide bonds. The van der Waals surface area contributed by atoms with Gasteiger partial charge in [-0.1, -0.05) is 6.07 Å². The summed E-state index contributed by atoms with van der Waals surface area (Å²) in [5.41, 5.74) is 1.30. The SMILES string of the molecule is CN(C)C(CNCc1cncn1C1CC1)c1cccs1. The van der Waals surface area contributed by atoms with Gasteiger partial charge in [-0.3, -0.25) is 0 Å². The molecular formula is C15H22N4S. The van der Waals surface area contributed by atoms with Crippen LogP contribution in [0.5, 0.6) is 0 Å². The van der Waals surface area contributed by atoms with Gasteiger partial charge in [-0.15, -0.1) is 11.3 Å². The lowest BCUT2D eigenvalue weighted by Crippen LogP contribution is -2.30. The van der Waals surface area contributed by atoms with E-state index in [0.717, 1.165) is 13.1 Å². The van der Waals surface area contributed by atoms with E-state index >= 15 is 0 Å². The van der Waals surface area contributed by atoms with Crippen LogP contribution in [0, 0.1) is 0 Å². The summed E-state index contributed by atoms with van der Waals surface area (Å²) in [6, 6.07) is 5.48. The van der Waals surface area contributed by atoms with Crippen molar-refractivity contribution in [3.63, 3.8) is 0 Å². The van der Waals surface area contributed by atoms with Crippen LogP contribution in [0.2, 0.25) is 0 Å². The molecule has 0 spiro atoms. The molecule has 3 rings (SSSR count). The number of nitrogens with one attached hydrogen (secondary N) is 1. The summed E-state index contributed by atoms with van der Waals surface area (Å²) >= 11 is 1.83. The Morgan fingerprint density at radius 1 is 1.50 bits per heavy atom. The molecule has 1 atom stereocenters. The predicted molar refractivity (Wildman–Crippen MR) is 83.0 cm³/mol. The van der Waals surface area contributed by atoms with Gasteiger partial charge in [0.15, 0.2) is 0 Å². The van der Waals surface area contributed by atoms with Gasteiger partial charge in [0.1, 0.15) is 0 Å². The second-order valence-corrected chi connectivity index (χ2v) is 6.63. The highest BCUT2D eigenvalue weighted by molar-refractivity contribution is 7.10. The fraction of sp³-hybridized carbons (Fsp3) is 0.533. The Kier molecular flexibility index (Phi) is 4.19. The zero-order chi connectivity index (χ0) is 13.9. The third-order valence-corrected chi connectivity index (χ3v) is 4.80. The molecule has 5 heteroatoms. The van der Waals surface area contributed by atoms with Crippen molar-refractivity contribution >= 4 is 11.3 Å². The Balaban J connectivity index is 1.56. The van der Waals surface area contributed by atoms with E-state index in [1.54, 1.807) is 0 Å². The highest BCUT2D eigenvalue weighted by Gasteiger charge is 2.25. The molecule has 1 unspecified atom stereocenters. The molecule has 4 nitrogen and oxygen atoms in total. The number of aromatic nitrogens is 2. The molecule has 1 saturated carbocycles. The Hall–Kier alpha value is -1.17. The van der Waals surface area contributed by atoms with Gasteiger partial charge in [0.25, 0.3) is 0 Å². The van der Waals surface area contributed by atoms with E-state index in [0.29, 0.717) is 12.1 Å². The maximum Gasteiger partial charge on any atom is 0.0951 e. The molecule has 0 radical (unpaired) electrons. The first-order valence-electron chi connectivity index (χ1n) is 7.17. The minimum Gasteiger partial charge on any atom is -0.330 e. The Bertz CT molecular complexity index is 528. The molecule has 0 aliphatic heterocycles. The van der Waals surface area contributed by atoms with Gasteiger partial charge in [-0.25, -0.2) is 4.98 Å². The van der Waals surface area contributed by atoms with Gasteiger partial charge in [-0.05, 0) is 38.4 Å². The van der Waals surface area contributed by atoms with Crippen LogP contribution in [-0.4, -0.2) is 35.1 Å². The van der Waals surface area contributed by atoms with Crippen LogP contribution in [0.1, 0.15) is 35.5 Å². The normalized spacial score (nSPS) is 16.8. The number of likely N-dealkylation sites (N-methyl/N-ethyl adjacent to an activating group) is 1. The molecule has 2 heterocycles. The van der Waals surface area contributed by atoms with Crippen molar-refractivity contribution in [2.45, 2.75) is 31.5 Å². The third kappa shape index (κ3) is 3.11. The van der Waals surface area contributed by atoms with E-state index < -0.39 is 0 Å². The average molecular weight is 290 g/mol. The van der Waals surface area contributed by atoms with Crippen LogP contribution >= 0.6 is 11.3 Å². The first kappa shape index (κ1) is 13.8. The van der Waals surface area contributed by atoms with Crippen LogP contribution in [0.25, 0.3) is 0 Å². The smallest absolute Gasteiger partial charge is 0.0951 e. The van der Waals surface area contributed by atoms with E-state index in [1.165, 1.54) is 23.4 Å². The Morgan fingerprint density at radius 3 is 3.00 bits per heavy atom. The molecule has 2 aromatic rings. The lowest BCUT2D eigenvalue weighted by molar-refractivity contribution is 0.291. The number of imidazole rings is 1. The lowest BCUT2D eigenvalue weighted by atomic mass is 10.2. The first-order valence-corrected chi connectivity index (χ1v) is 8.05. The second kappa shape index (κ2) is 6.08. The van der Waals surface area contributed by atoms with Crippen LogP contribution in [0.4, 0.5) is 0 Å². The molecule has 2 aromatic heterocycles. The molecule has 20 heavy (non-hydrogen) atoms. The summed E-state index contributed by atoms with van der Waals surface area (Å²) in [6.45, 7) is 1.86. The molecule has 1 N–H and O–H groups in total. The highest BCUT2D eigenvalue weighted by Crippen LogP contribution is 2.35. The summed E-state index contributed by atoms with van der Waals surface area (Å²) in [6.07, 6.45) is 6.57. The van der Waals surface area contributed by atoms with Crippen molar-refractivity contribution in [3.8, 4) is 0 Å². The lowest BCUT2D eigenvalue weighted by Gasteiger charge is -2.23. The number of hydrogen-bond acceptors (Lipinski definition) is 4. The topological polar surface area (TPSA) is 33.1 Å². The molecule has 1 aliphatic rings. The number of thiophene rings is 1. The van der Waals surface area contributed by atoms with Crippen molar-refractivity contribution in [1.29, 1.82) is 0 Å². The second-order valence-electron chi connectivity index (χ2n) is 5.65. The van der Waals surface area contributed by atoms with Gasteiger partial charge in [0.05, 0.1) is 18.1 Å². The zero-order valence-corrected chi connectivity index (χ0v) is 12.9. The van der Waals surface area contributed by atoms with Gasteiger partial charge < -0.3 is 14.8 Å². The molecule has 1 fully saturated rings. The zero-order valence-electron chi connectivity index (χ0n) is 12.1. The van der Waals surface area contributed by atoms with Gasteiger partial charge in [0.2, 0.25) is 0 Å². The largest absolute Gasteiger partial charge is 0.330 e. The fourth-order valence-corrected chi connectivity index (χ4v) is 3.43. The summed E-state index contributed by atoms with van der Waals surface area (Å²) in [7, 11) is 4.28. The summed E-state index contributed by atoms with van der Waals surface area (Å²) in [5.74, 6) is 0. The molecule has 0 aromatic carbocycles. The maximum absolute atomic E-state index is 4.28. The van der Waals surface area contributed by atoms with Crippen molar-refractivity contribution in [2.24, 2.45) is 0 Å². The van der Waals surface area contributed by atoms with E-state index in [2.05, 4.69) is 51.4 Å². The average Bonchev–Trinajstić information content (AvgIpc) is 2.94. The van der Waals surface area contributed by atoms with E-state index in [9.17, 15) is 0 Å². The third-order valence-electron chi connectivity index (χ3n) is 3.83. The van der Waals surface area contributed by atoms with Gasteiger partial charge in [0, 0.05) is 30.2 Å². The van der Waals surface area contributed by atoms with Crippen LogP contribution in [0.15, 0.2) is 30.0 Å². The van der Waals surface area contributed by atoms with Crippen LogP contribution in [-0.2, 0) is 6.54 Å². The van der Waals surface area contributed by atoms with Crippen molar-refractivity contribution in [2.75, 3.05) is 20.6 Å². The van der Waals surface area contributed by atoms with Crippen LogP contribution in [0.3, 0.4) is 0 Å².